The summed E-state index contributed by atoms with van der Waals surface area (Å²) in [7, 11) is 0. The quantitative estimate of drug-likeness (QED) is 0.685. The van der Waals surface area contributed by atoms with Crippen LogP contribution in [0.3, 0.4) is 0 Å². The second-order valence-electron chi connectivity index (χ2n) is 5.93. The topological polar surface area (TPSA) is 44.4 Å². The maximum Gasteiger partial charge on any atom is 0.319 e. The Morgan fingerprint density at radius 2 is 1.76 bits per heavy atom. The Morgan fingerprint density at radius 3 is 2.36 bits per heavy atom. The summed E-state index contributed by atoms with van der Waals surface area (Å²) in [5, 5.41) is 5.84. The van der Waals surface area contributed by atoms with Gasteiger partial charge in [-0.3, -0.25) is 0 Å². The molecule has 2 aromatic rings. The van der Waals surface area contributed by atoms with Gasteiger partial charge >= 0.3 is 6.03 Å². The molecule has 0 radical (unpaired) electrons. The van der Waals surface area contributed by atoms with E-state index < -0.39 is 0 Å². The molecule has 5 heteroatoms. The first-order valence-electron chi connectivity index (χ1n) is 8.68. The third-order valence-electron chi connectivity index (χ3n) is 4.20. The third-order valence-corrected chi connectivity index (χ3v) is 4.73. The van der Waals surface area contributed by atoms with Gasteiger partial charge in [0.2, 0.25) is 0 Å². The zero-order valence-corrected chi connectivity index (χ0v) is 16.7. The van der Waals surface area contributed by atoms with Crippen molar-refractivity contribution >= 4 is 33.3 Å². The van der Waals surface area contributed by atoms with Crippen molar-refractivity contribution in [3.8, 4) is 0 Å². The average Bonchev–Trinajstić information content (AvgIpc) is 2.60. The number of nitrogens with zero attached hydrogens (tertiary/aromatic N) is 1. The molecule has 134 valence electrons. The van der Waals surface area contributed by atoms with Gasteiger partial charge in [-0.25, -0.2) is 4.79 Å². The van der Waals surface area contributed by atoms with Gasteiger partial charge < -0.3 is 15.5 Å². The van der Waals surface area contributed by atoms with Crippen molar-refractivity contribution in [3.05, 3.63) is 58.1 Å². The van der Waals surface area contributed by atoms with Gasteiger partial charge in [0, 0.05) is 35.5 Å². The second kappa shape index (κ2) is 9.47. The highest BCUT2D eigenvalue weighted by Crippen LogP contribution is 2.22. The van der Waals surface area contributed by atoms with E-state index in [-0.39, 0.29) is 6.03 Å². The summed E-state index contributed by atoms with van der Waals surface area (Å²) in [5.41, 5.74) is 4.29. The Kier molecular flexibility index (Phi) is 7.31. The normalized spacial score (nSPS) is 10.4. The van der Waals surface area contributed by atoms with Crippen molar-refractivity contribution in [1.82, 2.24) is 5.32 Å². The number of carbonyl (C=O) groups is 1. The smallest absolute Gasteiger partial charge is 0.319 e. The van der Waals surface area contributed by atoms with Crippen LogP contribution in [-0.2, 0) is 6.42 Å². The lowest BCUT2D eigenvalue weighted by Gasteiger charge is -2.22. The predicted molar refractivity (Wildman–Crippen MR) is 110 cm³/mol. The van der Waals surface area contributed by atoms with Crippen LogP contribution in [0.4, 0.5) is 16.2 Å². The van der Waals surface area contributed by atoms with Gasteiger partial charge in [0.25, 0.3) is 0 Å². The number of anilines is 2. The molecule has 2 N–H and O–H groups in total. The van der Waals surface area contributed by atoms with E-state index in [2.05, 4.69) is 69.6 Å². The van der Waals surface area contributed by atoms with Gasteiger partial charge in [0.1, 0.15) is 0 Å². The Balaban J connectivity index is 1.86. The summed E-state index contributed by atoms with van der Waals surface area (Å²) >= 11 is 3.42. The molecule has 0 aromatic heterocycles. The highest BCUT2D eigenvalue weighted by atomic mass is 79.9. The van der Waals surface area contributed by atoms with Crippen molar-refractivity contribution < 1.29 is 4.79 Å². The number of hydrogen-bond acceptors (Lipinski definition) is 2. The summed E-state index contributed by atoms with van der Waals surface area (Å²) in [6.07, 6.45) is 0.806. The SMILES string of the molecule is CCN(CC)c1ccc(NC(=O)NCCc2ccc(Br)cc2)c(C)c1. The maximum atomic E-state index is 12.1. The van der Waals surface area contributed by atoms with E-state index in [4.69, 9.17) is 0 Å². The van der Waals surface area contributed by atoms with Crippen LogP contribution in [0.5, 0.6) is 0 Å². The Morgan fingerprint density at radius 1 is 1.08 bits per heavy atom. The van der Waals surface area contributed by atoms with Crippen LogP contribution >= 0.6 is 15.9 Å². The predicted octanol–water partition coefficient (Wildman–Crippen LogP) is 4.97. The summed E-state index contributed by atoms with van der Waals surface area (Å²) < 4.78 is 1.06. The number of carbonyl (C=O) groups excluding carboxylic acids is 1. The van der Waals surface area contributed by atoms with Crippen LogP contribution in [0, 0.1) is 6.92 Å². The minimum absolute atomic E-state index is 0.171. The van der Waals surface area contributed by atoms with E-state index in [1.807, 2.05) is 25.1 Å². The highest BCUT2D eigenvalue weighted by molar-refractivity contribution is 9.10. The molecule has 0 saturated heterocycles. The average molecular weight is 404 g/mol. The zero-order chi connectivity index (χ0) is 18.2. The van der Waals surface area contributed by atoms with Crippen molar-refractivity contribution in [1.29, 1.82) is 0 Å². The number of halogens is 1. The van der Waals surface area contributed by atoms with Gasteiger partial charge in [0.05, 0.1) is 0 Å². The number of benzene rings is 2. The Labute approximate surface area is 158 Å². The fraction of sp³-hybridized carbons (Fsp3) is 0.350. The monoisotopic (exact) mass is 403 g/mol. The number of hydrogen-bond donors (Lipinski definition) is 2. The van der Waals surface area contributed by atoms with Crippen molar-refractivity contribution in [3.63, 3.8) is 0 Å². The lowest BCUT2D eigenvalue weighted by molar-refractivity contribution is 0.252. The fourth-order valence-electron chi connectivity index (χ4n) is 2.71. The number of rotatable bonds is 7. The lowest BCUT2D eigenvalue weighted by Crippen LogP contribution is -2.30. The first-order valence-corrected chi connectivity index (χ1v) is 9.47. The molecular weight excluding hydrogens is 378 g/mol. The number of urea groups is 1. The summed E-state index contributed by atoms with van der Waals surface area (Å²) in [4.78, 5) is 14.4. The van der Waals surface area contributed by atoms with Crippen LogP contribution in [0.2, 0.25) is 0 Å². The van der Waals surface area contributed by atoms with E-state index in [1.54, 1.807) is 0 Å². The van der Waals surface area contributed by atoms with Crippen molar-refractivity contribution in [2.45, 2.75) is 27.2 Å². The summed E-state index contributed by atoms with van der Waals surface area (Å²) in [6.45, 7) is 8.85. The van der Waals surface area contributed by atoms with Gasteiger partial charge in [-0.15, -0.1) is 0 Å². The Hall–Kier alpha value is -2.01. The van der Waals surface area contributed by atoms with E-state index in [1.165, 1.54) is 11.3 Å². The number of aryl methyl sites for hydroxylation is 1. The molecule has 0 heterocycles. The molecule has 0 spiro atoms. The van der Waals surface area contributed by atoms with Gasteiger partial charge in [-0.05, 0) is 68.7 Å². The summed E-state index contributed by atoms with van der Waals surface area (Å²) in [5.74, 6) is 0. The van der Waals surface area contributed by atoms with Crippen LogP contribution in [0.25, 0.3) is 0 Å². The Bertz CT molecular complexity index is 697. The highest BCUT2D eigenvalue weighted by Gasteiger charge is 2.07. The van der Waals surface area contributed by atoms with Crippen LogP contribution < -0.4 is 15.5 Å². The van der Waals surface area contributed by atoms with E-state index in [9.17, 15) is 4.79 Å². The molecule has 0 unspecified atom stereocenters. The molecule has 2 aromatic carbocycles. The molecule has 0 atom stereocenters. The molecule has 0 fully saturated rings. The molecule has 0 aliphatic heterocycles. The first kappa shape index (κ1) is 19.3. The van der Waals surface area contributed by atoms with Gasteiger partial charge in [-0.2, -0.15) is 0 Å². The number of nitrogens with one attached hydrogen (secondary N) is 2. The van der Waals surface area contributed by atoms with Gasteiger partial charge in [-0.1, -0.05) is 28.1 Å². The molecule has 0 saturated carbocycles. The zero-order valence-electron chi connectivity index (χ0n) is 15.1. The van der Waals surface area contributed by atoms with Crippen molar-refractivity contribution in [2.24, 2.45) is 0 Å². The summed E-state index contributed by atoms with van der Waals surface area (Å²) in [6, 6.07) is 14.1. The molecule has 2 amide bonds. The standard InChI is InChI=1S/C20H26BrN3O/c1-4-24(5-2)18-10-11-19(15(3)14-18)23-20(25)22-13-12-16-6-8-17(21)9-7-16/h6-11,14H,4-5,12-13H2,1-3H3,(H2,22,23,25). The molecular formula is C20H26BrN3O. The molecule has 25 heavy (non-hydrogen) atoms. The second-order valence-corrected chi connectivity index (χ2v) is 6.84. The maximum absolute atomic E-state index is 12.1. The molecule has 0 aliphatic rings. The minimum Gasteiger partial charge on any atom is -0.372 e. The minimum atomic E-state index is -0.171. The molecule has 0 bridgehead atoms. The molecule has 0 aliphatic carbocycles. The number of amides is 2. The van der Waals surface area contributed by atoms with Crippen molar-refractivity contribution in [2.75, 3.05) is 29.9 Å². The van der Waals surface area contributed by atoms with Crippen LogP contribution in [0.1, 0.15) is 25.0 Å². The molecule has 4 nitrogen and oxygen atoms in total. The fourth-order valence-corrected chi connectivity index (χ4v) is 2.98. The third kappa shape index (κ3) is 5.78. The van der Waals surface area contributed by atoms with Gasteiger partial charge in [0.15, 0.2) is 0 Å². The largest absolute Gasteiger partial charge is 0.372 e. The lowest BCUT2D eigenvalue weighted by atomic mass is 10.1. The first-order chi connectivity index (χ1) is 12.0. The van der Waals surface area contributed by atoms with E-state index in [0.29, 0.717) is 6.54 Å². The molecule has 2 rings (SSSR count). The van der Waals surface area contributed by atoms with E-state index in [0.717, 1.165) is 35.2 Å². The van der Waals surface area contributed by atoms with E-state index >= 15 is 0 Å². The van der Waals surface area contributed by atoms with Crippen LogP contribution in [-0.4, -0.2) is 25.7 Å². The van der Waals surface area contributed by atoms with Crippen LogP contribution in [0.15, 0.2) is 46.9 Å².